The van der Waals surface area contributed by atoms with Gasteiger partial charge in [0.15, 0.2) is 0 Å². The molecule has 1 heterocycles. The van der Waals surface area contributed by atoms with Crippen LogP contribution in [0.5, 0.6) is 0 Å². The number of esters is 1. The molecule has 0 aliphatic rings. The van der Waals surface area contributed by atoms with E-state index in [9.17, 15) is 4.79 Å². The van der Waals surface area contributed by atoms with Gasteiger partial charge in [-0.05, 0) is 24.3 Å². The lowest BCUT2D eigenvalue weighted by Gasteiger charge is -2.00. The van der Waals surface area contributed by atoms with Crippen LogP contribution in [-0.2, 0) is 4.74 Å². The molecule has 0 amide bonds. The third kappa shape index (κ3) is 3.03. The molecule has 4 heteroatoms. The van der Waals surface area contributed by atoms with E-state index in [0.717, 1.165) is 17.1 Å². The zero-order chi connectivity index (χ0) is 10.4. The number of thioether (sulfide) groups is 1. The number of rotatable bonds is 4. The smallest absolute Gasteiger partial charge is 0.356 e. The van der Waals surface area contributed by atoms with Gasteiger partial charge in [0.2, 0.25) is 0 Å². The molecule has 0 aromatic carbocycles. The summed E-state index contributed by atoms with van der Waals surface area (Å²) in [6, 6.07) is 3.57. The molecular formula is C10H13NO2S. The van der Waals surface area contributed by atoms with Crippen LogP contribution in [0.4, 0.5) is 0 Å². The Morgan fingerprint density at radius 2 is 2.36 bits per heavy atom. The molecule has 0 spiro atoms. The first-order valence-electron chi connectivity index (χ1n) is 4.45. The second-order valence-corrected chi connectivity index (χ2v) is 3.89. The second-order valence-electron chi connectivity index (χ2n) is 2.72. The predicted octanol–water partition coefficient (Wildman–Crippen LogP) is 2.37. The van der Waals surface area contributed by atoms with E-state index in [1.807, 2.05) is 6.07 Å². The van der Waals surface area contributed by atoms with Crippen LogP contribution in [-0.4, -0.2) is 23.8 Å². The van der Waals surface area contributed by atoms with Crippen LogP contribution >= 0.6 is 11.8 Å². The summed E-state index contributed by atoms with van der Waals surface area (Å²) in [6.07, 6.45) is 2.83. The van der Waals surface area contributed by atoms with Gasteiger partial charge in [-0.2, -0.15) is 0 Å². The number of ether oxygens (including phenoxy) is 1. The SMILES string of the molecule is CCCSc1ccc(C(=O)OC)nc1. The lowest BCUT2D eigenvalue weighted by atomic mass is 10.3. The van der Waals surface area contributed by atoms with Gasteiger partial charge >= 0.3 is 5.97 Å². The van der Waals surface area contributed by atoms with Gasteiger partial charge in [-0.3, -0.25) is 0 Å². The summed E-state index contributed by atoms with van der Waals surface area (Å²) in [5.74, 6) is 0.677. The summed E-state index contributed by atoms with van der Waals surface area (Å²) < 4.78 is 4.55. The number of carbonyl (C=O) groups excluding carboxylic acids is 1. The second kappa shape index (κ2) is 5.65. The molecule has 0 unspecified atom stereocenters. The number of methoxy groups -OCH3 is 1. The summed E-state index contributed by atoms with van der Waals surface area (Å²) in [5, 5.41) is 0. The van der Waals surface area contributed by atoms with Crippen LogP contribution in [0.3, 0.4) is 0 Å². The highest BCUT2D eigenvalue weighted by Gasteiger charge is 2.05. The van der Waals surface area contributed by atoms with E-state index < -0.39 is 5.97 Å². The fraction of sp³-hybridized carbons (Fsp3) is 0.400. The van der Waals surface area contributed by atoms with Crippen molar-refractivity contribution in [1.29, 1.82) is 0 Å². The zero-order valence-corrected chi connectivity index (χ0v) is 9.13. The Morgan fingerprint density at radius 1 is 1.57 bits per heavy atom. The summed E-state index contributed by atoms with van der Waals surface area (Å²) in [4.78, 5) is 16.1. The fourth-order valence-corrected chi connectivity index (χ4v) is 1.64. The first kappa shape index (κ1) is 11.0. The maximum atomic E-state index is 11.0. The monoisotopic (exact) mass is 211 g/mol. The van der Waals surface area contributed by atoms with Gasteiger partial charge in [0.05, 0.1) is 7.11 Å². The minimum Gasteiger partial charge on any atom is -0.464 e. The first-order valence-corrected chi connectivity index (χ1v) is 5.43. The number of pyridine rings is 1. The van der Waals surface area contributed by atoms with E-state index in [-0.39, 0.29) is 0 Å². The van der Waals surface area contributed by atoms with Gasteiger partial charge < -0.3 is 4.74 Å². The Kier molecular flexibility index (Phi) is 4.46. The number of hydrogen-bond donors (Lipinski definition) is 0. The Labute approximate surface area is 87.9 Å². The third-order valence-electron chi connectivity index (χ3n) is 1.60. The molecule has 0 aliphatic carbocycles. The quantitative estimate of drug-likeness (QED) is 0.566. The van der Waals surface area contributed by atoms with Crippen molar-refractivity contribution in [1.82, 2.24) is 4.98 Å². The third-order valence-corrected chi connectivity index (χ3v) is 2.79. The number of carbonyl (C=O) groups is 1. The van der Waals surface area contributed by atoms with Crippen molar-refractivity contribution in [3.05, 3.63) is 24.0 Å². The maximum absolute atomic E-state index is 11.0. The van der Waals surface area contributed by atoms with Gasteiger partial charge in [-0.25, -0.2) is 9.78 Å². The van der Waals surface area contributed by atoms with Crippen molar-refractivity contribution in [3.8, 4) is 0 Å². The van der Waals surface area contributed by atoms with Crippen LogP contribution in [0.1, 0.15) is 23.8 Å². The van der Waals surface area contributed by atoms with E-state index in [0.29, 0.717) is 5.69 Å². The first-order chi connectivity index (χ1) is 6.77. The van der Waals surface area contributed by atoms with E-state index >= 15 is 0 Å². The lowest BCUT2D eigenvalue weighted by Crippen LogP contribution is -2.03. The predicted molar refractivity (Wildman–Crippen MR) is 56.6 cm³/mol. The molecule has 0 saturated heterocycles. The Bertz CT molecular complexity index is 297. The highest BCUT2D eigenvalue weighted by Crippen LogP contribution is 2.17. The highest BCUT2D eigenvalue weighted by molar-refractivity contribution is 7.99. The molecule has 0 saturated carbocycles. The average molecular weight is 211 g/mol. The maximum Gasteiger partial charge on any atom is 0.356 e. The van der Waals surface area contributed by atoms with Gasteiger partial charge in [-0.1, -0.05) is 6.92 Å². The van der Waals surface area contributed by atoms with E-state index in [1.54, 1.807) is 24.0 Å². The molecule has 0 fully saturated rings. The van der Waals surface area contributed by atoms with Crippen molar-refractivity contribution in [2.24, 2.45) is 0 Å². The lowest BCUT2D eigenvalue weighted by molar-refractivity contribution is 0.0594. The number of nitrogens with zero attached hydrogens (tertiary/aromatic N) is 1. The molecule has 0 bridgehead atoms. The summed E-state index contributed by atoms with van der Waals surface area (Å²) in [5.41, 5.74) is 0.355. The van der Waals surface area contributed by atoms with Crippen molar-refractivity contribution in [2.75, 3.05) is 12.9 Å². The van der Waals surface area contributed by atoms with Crippen molar-refractivity contribution in [2.45, 2.75) is 18.2 Å². The van der Waals surface area contributed by atoms with E-state index in [4.69, 9.17) is 0 Å². The Balaban J connectivity index is 2.63. The highest BCUT2D eigenvalue weighted by atomic mass is 32.2. The molecule has 1 aromatic heterocycles. The molecule has 3 nitrogen and oxygen atoms in total. The topological polar surface area (TPSA) is 39.2 Å². The standard InChI is InChI=1S/C10H13NO2S/c1-3-6-14-8-4-5-9(11-7-8)10(12)13-2/h4-5,7H,3,6H2,1-2H3. The average Bonchev–Trinajstić information content (AvgIpc) is 2.26. The molecule has 0 atom stereocenters. The zero-order valence-electron chi connectivity index (χ0n) is 8.32. The van der Waals surface area contributed by atoms with Crippen LogP contribution in [0, 0.1) is 0 Å². The van der Waals surface area contributed by atoms with Gasteiger partial charge in [0.25, 0.3) is 0 Å². The van der Waals surface area contributed by atoms with E-state index in [1.165, 1.54) is 7.11 Å². The van der Waals surface area contributed by atoms with Crippen molar-refractivity contribution in [3.63, 3.8) is 0 Å². The Morgan fingerprint density at radius 3 is 2.86 bits per heavy atom. The molecule has 1 aromatic rings. The fourth-order valence-electron chi connectivity index (χ4n) is 0.911. The van der Waals surface area contributed by atoms with Gasteiger partial charge in [0, 0.05) is 11.1 Å². The van der Waals surface area contributed by atoms with Crippen molar-refractivity contribution < 1.29 is 9.53 Å². The molecule has 76 valence electrons. The normalized spacial score (nSPS) is 9.86. The van der Waals surface area contributed by atoms with Crippen LogP contribution in [0.2, 0.25) is 0 Å². The van der Waals surface area contributed by atoms with Crippen LogP contribution in [0.15, 0.2) is 23.2 Å². The summed E-state index contributed by atoms with van der Waals surface area (Å²) >= 11 is 1.73. The molecular weight excluding hydrogens is 198 g/mol. The summed E-state index contributed by atoms with van der Waals surface area (Å²) in [6.45, 7) is 2.13. The molecule has 0 N–H and O–H groups in total. The largest absolute Gasteiger partial charge is 0.464 e. The Hall–Kier alpha value is -1.03. The number of hydrogen-bond acceptors (Lipinski definition) is 4. The van der Waals surface area contributed by atoms with Gasteiger partial charge in [0.1, 0.15) is 5.69 Å². The van der Waals surface area contributed by atoms with Crippen LogP contribution < -0.4 is 0 Å². The van der Waals surface area contributed by atoms with Crippen molar-refractivity contribution >= 4 is 17.7 Å². The minimum absolute atomic E-state index is 0.355. The minimum atomic E-state index is -0.392. The van der Waals surface area contributed by atoms with E-state index in [2.05, 4.69) is 16.6 Å². The molecule has 0 aliphatic heterocycles. The molecule has 0 radical (unpaired) electrons. The van der Waals surface area contributed by atoms with Crippen LogP contribution in [0.25, 0.3) is 0 Å². The molecule has 14 heavy (non-hydrogen) atoms. The molecule has 1 rings (SSSR count). The number of aromatic nitrogens is 1. The summed E-state index contributed by atoms with van der Waals surface area (Å²) in [7, 11) is 1.35. The van der Waals surface area contributed by atoms with Gasteiger partial charge in [-0.15, -0.1) is 11.8 Å².